The number of rotatable bonds is 6. The Bertz CT molecular complexity index is 1000. The molecule has 0 aromatic heterocycles. The lowest BCUT2D eigenvalue weighted by Crippen LogP contribution is -2.37. The van der Waals surface area contributed by atoms with Gasteiger partial charge in [-0.2, -0.15) is 0 Å². The van der Waals surface area contributed by atoms with E-state index in [9.17, 15) is 18.0 Å². The van der Waals surface area contributed by atoms with E-state index in [1.807, 2.05) is 0 Å². The molecular formula is C20H23N3O5S. The van der Waals surface area contributed by atoms with Crippen molar-refractivity contribution in [3.8, 4) is 5.75 Å². The monoisotopic (exact) mass is 417 g/mol. The van der Waals surface area contributed by atoms with E-state index in [2.05, 4.69) is 5.32 Å². The van der Waals surface area contributed by atoms with Gasteiger partial charge < -0.3 is 15.0 Å². The summed E-state index contributed by atoms with van der Waals surface area (Å²) in [5.41, 5.74) is 1.07. The summed E-state index contributed by atoms with van der Waals surface area (Å²) >= 11 is 0. The van der Waals surface area contributed by atoms with Crippen LogP contribution >= 0.6 is 0 Å². The number of carbonyl (C=O) groups excluding carboxylic acids is 2. The Labute approximate surface area is 170 Å². The van der Waals surface area contributed by atoms with Gasteiger partial charge in [0.25, 0.3) is 5.91 Å². The molecule has 1 atom stereocenters. The highest BCUT2D eigenvalue weighted by Gasteiger charge is 2.31. The molecule has 1 aliphatic heterocycles. The van der Waals surface area contributed by atoms with E-state index in [1.54, 1.807) is 36.3 Å². The molecule has 8 nitrogen and oxygen atoms in total. The number of benzene rings is 2. The summed E-state index contributed by atoms with van der Waals surface area (Å²) in [6.07, 6.45) is 0.199. The number of amides is 2. The molecule has 0 saturated carbocycles. The SMILES string of the molecule is COc1ccc(N2C[C@H](NC(=O)c3ccc(S(=O)(=O)N(C)C)cc3)CC2=O)cc1. The van der Waals surface area contributed by atoms with Gasteiger partial charge in [-0.15, -0.1) is 0 Å². The third-order valence-corrected chi connectivity index (χ3v) is 6.57. The van der Waals surface area contributed by atoms with E-state index < -0.39 is 10.0 Å². The molecular weight excluding hydrogens is 394 g/mol. The maximum absolute atomic E-state index is 12.5. The van der Waals surface area contributed by atoms with Crippen LogP contribution < -0.4 is 15.0 Å². The Kier molecular flexibility index (Phi) is 5.90. The van der Waals surface area contributed by atoms with Crippen molar-refractivity contribution in [1.82, 2.24) is 9.62 Å². The molecule has 0 radical (unpaired) electrons. The predicted molar refractivity (Wildman–Crippen MR) is 109 cm³/mol. The maximum Gasteiger partial charge on any atom is 0.251 e. The fourth-order valence-electron chi connectivity index (χ4n) is 3.07. The quantitative estimate of drug-likeness (QED) is 0.768. The van der Waals surface area contributed by atoms with Crippen molar-refractivity contribution < 1.29 is 22.7 Å². The second-order valence-corrected chi connectivity index (χ2v) is 9.04. The van der Waals surface area contributed by atoms with Crippen molar-refractivity contribution in [3.63, 3.8) is 0 Å². The van der Waals surface area contributed by atoms with Crippen LogP contribution in [0.2, 0.25) is 0 Å². The minimum atomic E-state index is -3.55. The first-order chi connectivity index (χ1) is 13.7. The smallest absolute Gasteiger partial charge is 0.251 e. The molecule has 1 saturated heterocycles. The second-order valence-electron chi connectivity index (χ2n) is 6.89. The first-order valence-corrected chi connectivity index (χ1v) is 10.4. The van der Waals surface area contributed by atoms with Gasteiger partial charge in [0.1, 0.15) is 5.75 Å². The van der Waals surface area contributed by atoms with Gasteiger partial charge in [0.2, 0.25) is 15.9 Å². The molecule has 2 aromatic carbocycles. The Morgan fingerprint density at radius 3 is 2.28 bits per heavy atom. The molecule has 0 aliphatic carbocycles. The summed E-state index contributed by atoms with van der Waals surface area (Å²) in [4.78, 5) is 26.6. The Hall–Kier alpha value is -2.91. The number of carbonyl (C=O) groups is 2. The van der Waals surface area contributed by atoms with Crippen molar-refractivity contribution in [1.29, 1.82) is 0 Å². The summed E-state index contributed by atoms with van der Waals surface area (Å²) in [6.45, 7) is 0.365. The second kappa shape index (κ2) is 8.22. The molecule has 0 unspecified atom stereocenters. The summed E-state index contributed by atoms with van der Waals surface area (Å²) < 4.78 is 30.5. The molecule has 2 amide bonds. The summed E-state index contributed by atoms with van der Waals surface area (Å²) in [5.74, 6) is 0.269. The zero-order valence-electron chi connectivity index (χ0n) is 16.5. The van der Waals surface area contributed by atoms with Crippen LogP contribution in [0.3, 0.4) is 0 Å². The average Bonchev–Trinajstić information content (AvgIpc) is 3.08. The molecule has 1 N–H and O–H groups in total. The molecule has 3 rings (SSSR count). The summed E-state index contributed by atoms with van der Waals surface area (Å²) in [5, 5.41) is 2.84. The Morgan fingerprint density at radius 1 is 1.10 bits per heavy atom. The van der Waals surface area contributed by atoms with Gasteiger partial charge in [0.15, 0.2) is 0 Å². The third kappa shape index (κ3) is 4.41. The topological polar surface area (TPSA) is 96.0 Å². The number of methoxy groups -OCH3 is 1. The lowest BCUT2D eigenvalue weighted by Gasteiger charge is -2.17. The Morgan fingerprint density at radius 2 is 1.72 bits per heavy atom. The summed E-state index contributed by atoms with van der Waals surface area (Å²) in [6, 6.07) is 12.5. The van der Waals surface area contributed by atoms with Crippen molar-refractivity contribution in [3.05, 3.63) is 54.1 Å². The highest BCUT2D eigenvalue weighted by molar-refractivity contribution is 7.89. The number of hydrogen-bond acceptors (Lipinski definition) is 5. The van der Waals surface area contributed by atoms with E-state index in [1.165, 1.54) is 38.4 Å². The lowest BCUT2D eigenvalue weighted by atomic mass is 10.2. The van der Waals surface area contributed by atoms with Crippen LogP contribution in [-0.2, 0) is 14.8 Å². The number of ether oxygens (including phenoxy) is 1. The van der Waals surface area contributed by atoms with Crippen molar-refractivity contribution in [2.75, 3.05) is 32.6 Å². The minimum Gasteiger partial charge on any atom is -0.497 e. The third-order valence-electron chi connectivity index (χ3n) is 4.74. The lowest BCUT2D eigenvalue weighted by molar-refractivity contribution is -0.117. The zero-order chi connectivity index (χ0) is 21.2. The van der Waals surface area contributed by atoms with Crippen LogP contribution in [0.4, 0.5) is 5.69 Å². The largest absolute Gasteiger partial charge is 0.497 e. The number of nitrogens with zero attached hydrogens (tertiary/aromatic N) is 2. The molecule has 154 valence electrons. The maximum atomic E-state index is 12.5. The molecule has 29 heavy (non-hydrogen) atoms. The normalized spacial score (nSPS) is 16.9. The zero-order valence-corrected chi connectivity index (χ0v) is 17.3. The van der Waals surface area contributed by atoms with Gasteiger partial charge in [-0.1, -0.05) is 0 Å². The molecule has 0 spiro atoms. The van der Waals surface area contributed by atoms with Crippen LogP contribution in [-0.4, -0.2) is 58.3 Å². The van der Waals surface area contributed by atoms with Crippen molar-refractivity contribution >= 4 is 27.5 Å². The van der Waals surface area contributed by atoms with E-state index in [4.69, 9.17) is 4.74 Å². The van der Waals surface area contributed by atoms with E-state index in [-0.39, 0.29) is 29.2 Å². The Balaban J connectivity index is 1.66. The number of hydrogen-bond donors (Lipinski definition) is 1. The van der Waals surface area contributed by atoms with E-state index in [0.29, 0.717) is 17.9 Å². The molecule has 1 heterocycles. The van der Waals surface area contributed by atoms with Crippen molar-refractivity contribution in [2.45, 2.75) is 17.4 Å². The summed E-state index contributed by atoms with van der Waals surface area (Å²) in [7, 11) is 0.915. The average molecular weight is 417 g/mol. The van der Waals surface area contributed by atoms with Crippen LogP contribution in [0.15, 0.2) is 53.4 Å². The number of sulfonamides is 1. The minimum absolute atomic E-state index is 0.0760. The van der Waals surface area contributed by atoms with Gasteiger partial charge in [-0.25, -0.2) is 12.7 Å². The van der Waals surface area contributed by atoms with Gasteiger partial charge in [-0.3, -0.25) is 9.59 Å². The van der Waals surface area contributed by atoms with Crippen molar-refractivity contribution in [2.24, 2.45) is 0 Å². The van der Waals surface area contributed by atoms with Gasteiger partial charge in [0.05, 0.1) is 18.0 Å². The van der Waals surface area contributed by atoms with Crippen LogP contribution in [0, 0.1) is 0 Å². The van der Waals surface area contributed by atoms with Gasteiger partial charge in [-0.05, 0) is 48.5 Å². The number of anilines is 1. The standard InChI is InChI=1S/C20H23N3O5S/c1-22(2)29(26,27)18-10-4-14(5-11-18)20(25)21-15-12-19(24)23(13-15)16-6-8-17(28-3)9-7-16/h4-11,15H,12-13H2,1-3H3,(H,21,25)/t15-/m1/s1. The predicted octanol–water partition coefficient (Wildman–Crippen LogP) is 1.48. The van der Waals surface area contributed by atoms with Crippen LogP contribution in [0.25, 0.3) is 0 Å². The van der Waals surface area contributed by atoms with Crippen LogP contribution in [0.5, 0.6) is 5.75 Å². The first-order valence-electron chi connectivity index (χ1n) is 9.00. The first kappa shape index (κ1) is 20.8. The van der Waals surface area contributed by atoms with Crippen LogP contribution in [0.1, 0.15) is 16.8 Å². The van der Waals surface area contributed by atoms with E-state index in [0.717, 1.165) is 9.99 Å². The highest BCUT2D eigenvalue weighted by atomic mass is 32.2. The van der Waals surface area contributed by atoms with Gasteiger partial charge >= 0.3 is 0 Å². The molecule has 9 heteroatoms. The van der Waals surface area contributed by atoms with E-state index >= 15 is 0 Å². The van der Waals surface area contributed by atoms with Gasteiger partial charge in [0, 0.05) is 38.3 Å². The molecule has 2 aromatic rings. The fraction of sp³-hybridized carbons (Fsp3) is 0.300. The number of nitrogens with one attached hydrogen (secondary N) is 1. The molecule has 1 fully saturated rings. The fourth-order valence-corrected chi connectivity index (χ4v) is 3.98. The highest BCUT2D eigenvalue weighted by Crippen LogP contribution is 2.24. The molecule has 0 bridgehead atoms. The molecule has 1 aliphatic rings.